The molecule has 9 heteroatoms. The molecule has 0 aliphatic carbocycles. The molecule has 7 nitrogen and oxygen atoms in total. The van der Waals surface area contributed by atoms with Crippen LogP contribution in [0.25, 0.3) is 21.9 Å². The fraction of sp³-hybridized carbons (Fsp3) is 0.136. The number of sulfonamides is 1. The quantitative estimate of drug-likeness (QED) is 0.466. The van der Waals surface area contributed by atoms with Crippen molar-refractivity contribution in [1.29, 1.82) is 0 Å². The van der Waals surface area contributed by atoms with E-state index < -0.39 is 15.9 Å². The van der Waals surface area contributed by atoms with Gasteiger partial charge in [0.15, 0.2) is 0 Å². The third-order valence-corrected chi connectivity index (χ3v) is 7.05. The number of fused-ring (bicyclic) bond motifs is 3. The molecule has 0 atom stereocenters. The second kappa shape index (κ2) is 7.88. The van der Waals surface area contributed by atoms with Crippen LogP contribution in [0.5, 0.6) is 5.75 Å². The van der Waals surface area contributed by atoms with Crippen molar-refractivity contribution in [1.82, 2.24) is 4.31 Å². The van der Waals surface area contributed by atoms with Crippen LogP contribution in [0, 0.1) is 0 Å². The zero-order valence-corrected chi connectivity index (χ0v) is 18.5. The van der Waals surface area contributed by atoms with E-state index in [1.54, 1.807) is 12.1 Å². The first-order valence-corrected chi connectivity index (χ1v) is 11.1. The monoisotopic (exact) mass is 458 g/mol. The Hall–Kier alpha value is -3.07. The summed E-state index contributed by atoms with van der Waals surface area (Å²) in [6.45, 7) is 0. The van der Waals surface area contributed by atoms with Gasteiger partial charge in [-0.2, -0.15) is 0 Å². The van der Waals surface area contributed by atoms with Gasteiger partial charge in [-0.3, -0.25) is 4.79 Å². The summed E-state index contributed by atoms with van der Waals surface area (Å²) in [5.74, 6) is -0.143. The summed E-state index contributed by atoms with van der Waals surface area (Å²) < 4.78 is 37.3. The van der Waals surface area contributed by atoms with E-state index >= 15 is 0 Å². The minimum Gasteiger partial charge on any atom is -0.495 e. The summed E-state index contributed by atoms with van der Waals surface area (Å²) in [5, 5.41) is 4.65. The Labute approximate surface area is 184 Å². The van der Waals surface area contributed by atoms with Gasteiger partial charge in [0.25, 0.3) is 5.91 Å². The smallest absolute Gasteiger partial charge is 0.257 e. The van der Waals surface area contributed by atoms with E-state index in [1.165, 1.54) is 39.4 Å². The molecule has 0 unspecified atom stereocenters. The lowest BCUT2D eigenvalue weighted by Crippen LogP contribution is -2.23. The van der Waals surface area contributed by atoms with Gasteiger partial charge in [0.2, 0.25) is 10.0 Å². The number of hydrogen-bond donors (Lipinski definition) is 1. The van der Waals surface area contributed by atoms with Crippen LogP contribution in [0.1, 0.15) is 10.4 Å². The van der Waals surface area contributed by atoms with Crippen LogP contribution >= 0.6 is 11.6 Å². The van der Waals surface area contributed by atoms with Crippen molar-refractivity contribution in [3.63, 3.8) is 0 Å². The molecule has 3 aromatic carbocycles. The van der Waals surface area contributed by atoms with Crippen molar-refractivity contribution in [3.8, 4) is 5.75 Å². The zero-order chi connectivity index (χ0) is 22.3. The number of rotatable bonds is 5. The predicted molar refractivity (Wildman–Crippen MR) is 121 cm³/mol. The van der Waals surface area contributed by atoms with Crippen molar-refractivity contribution in [2.75, 3.05) is 26.5 Å². The largest absolute Gasteiger partial charge is 0.495 e. The summed E-state index contributed by atoms with van der Waals surface area (Å²) in [6.07, 6.45) is 0. The fourth-order valence-corrected chi connectivity index (χ4v) is 4.39. The molecule has 1 N–H and O–H groups in total. The van der Waals surface area contributed by atoms with Gasteiger partial charge in [0, 0.05) is 30.9 Å². The highest BCUT2D eigenvalue weighted by molar-refractivity contribution is 7.89. The van der Waals surface area contributed by atoms with Gasteiger partial charge in [-0.15, -0.1) is 0 Å². The number of nitrogens with zero attached hydrogens (tertiary/aromatic N) is 1. The maximum Gasteiger partial charge on any atom is 0.257 e. The fourth-order valence-electron chi connectivity index (χ4n) is 3.26. The van der Waals surface area contributed by atoms with Gasteiger partial charge in [-0.05, 0) is 30.3 Å². The molecule has 0 aliphatic rings. The molecular weight excluding hydrogens is 440 g/mol. The van der Waals surface area contributed by atoms with E-state index in [9.17, 15) is 13.2 Å². The zero-order valence-electron chi connectivity index (χ0n) is 17.0. The van der Waals surface area contributed by atoms with Crippen molar-refractivity contribution < 1.29 is 22.4 Å². The van der Waals surface area contributed by atoms with E-state index in [4.69, 9.17) is 20.8 Å². The highest BCUT2D eigenvalue weighted by Gasteiger charge is 2.22. The number of nitrogens with one attached hydrogen (secondary N) is 1. The minimum atomic E-state index is -3.72. The summed E-state index contributed by atoms with van der Waals surface area (Å²) in [4.78, 5) is 12.9. The number of methoxy groups -OCH3 is 1. The van der Waals surface area contributed by atoms with Gasteiger partial charge in [-0.25, -0.2) is 12.7 Å². The van der Waals surface area contributed by atoms with Gasteiger partial charge >= 0.3 is 0 Å². The van der Waals surface area contributed by atoms with Gasteiger partial charge in [0.1, 0.15) is 16.9 Å². The maximum absolute atomic E-state index is 13.0. The van der Waals surface area contributed by atoms with Crippen LogP contribution < -0.4 is 10.1 Å². The van der Waals surface area contributed by atoms with Crippen molar-refractivity contribution >= 4 is 55.2 Å². The van der Waals surface area contributed by atoms with Crippen molar-refractivity contribution in [2.45, 2.75) is 4.90 Å². The lowest BCUT2D eigenvalue weighted by atomic mass is 10.1. The van der Waals surface area contributed by atoms with Gasteiger partial charge < -0.3 is 14.5 Å². The third-order valence-electron chi connectivity index (χ3n) is 4.91. The molecule has 0 bridgehead atoms. The number of hydrogen-bond acceptors (Lipinski definition) is 5. The van der Waals surface area contributed by atoms with E-state index in [0.29, 0.717) is 22.6 Å². The van der Waals surface area contributed by atoms with E-state index in [1.807, 2.05) is 24.3 Å². The molecule has 160 valence electrons. The Morgan fingerprint density at radius 1 is 1.03 bits per heavy atom. The van der Waals surface area contributed by atoms with Gasteiger partial charge in [0.05, 0.1) is 28.3 Å². The Kier molecular flexibility index (Phi) is 5.38. The molecule has 1 heterocycles. The molecule has 0 saturated carbocycles. The molecular formula is C22H19ClN2O5S. The molecule has 0 radical (unpaired) electrons. The average molecular weight is 459 g/mol. The molecule has 1 amide bonds. The number of para-hydroxylation sites is 1. The van der Waals surface area contributed by atoms with Crippen LogP contribution in [0.3, 0.4) is 0 Å². The number of anilines is 1. The Bertz CT molecular complexity index is 1430. The third kappa shape index (κ3) is 3.74. The maximum atomic E-state index is 13.0. The molecule has 0 fully saturated rings. The summed E-state index contributed by atoms with van der Waals surface area (Å²) in [7, 11) is 0.600. The summed E-state index contributed by atoms with van der Waals surface area (Å²) in [6, 6.07) is 15.0. The number of carbonyl (C=O) groups is 1. The Morgan fingerprint density at radius 2 is 1.77 bits per heavy atom. The molecule has 1 aromatic heterocycles. The number of furan rings is 1. The SMILES string of the molecule is COc1cc2c(cc1NC(=O)c1cc(S(=O)(=O)N(C)C)ccc1Cl)oc1ccccc12. The first kappa shape index (κ1) is 21.2. The van der Waals surface area contributed by atoms with Crippen molar-refractivity contribution in [3.05, 3.63) is 65.2 Å². The second-order valence-corrected chi connectivity index (χ2v) is 9.59. The van der Waals surface area contributed by atoms with Crippen molar-refractivity contribution in [2.24, 2.45) is 0 Å². The minimum absolute atomic E-state index is 0.0244. The topological polar surface area (TPSA) is 88.8 Å². The number of halogens is 1. The number of ether oxygens (including phenoxy) is 1. The average Bonchev–Trinajstić information content (AvgIpc) is 3.10. The van der Waals surface area contributed by atoms with E-state index in [0.717, 1.165) is 15.1 Å². The Morgan fingerprint density at radius 3 is 2.48 bits per heavy atom. The first-order chi connectivity index (χ1) is 14.7. The van der Waals surface area contributed by atoms with E-state index in [2.05, 4.69) is 5.32 Å². The van der Waals surface area contributed by atoms with Crippen LogP contribution in [0.4, 0.5) is 5.69 Å². The number of benzene rings is 3. The summed E-state index contributed by atoms with van der Waals surface area (Å²) >= 11 is 6.19. The predicted octanol–water partition coefficient (Wildman–Crippen LogP) is 4.75. The molecule has 0 aliphatic heterocycles. The second-order valence-electron chi connectivity index (χ2n) is 7.03. The van der Waals surface area contributed by atoms with Crippen LogP contribution in [0.2, 0.25) is 5.02 Å². The summed E-state index contributed by atoms with van der Waals surface area (Å²) in [5.41, 5.74) is 1.69. The van der Waals surface area contributed by atoms with Crippen LogP contribution in [0.15, 0.2) is 63.9 Å². The van der Waals surface area contributed by atoms with Crippen LogP contribution in [-0.2, 0) is 10.0 Å². The van der Waals surface area contributed by atoms with Gasteiger partial charge in [-0.1, -0.05) is 29.8 Å². The number of amides is 1. The highest BCUT2D eigenvalue weighted by atomic mass is 35.5. The van der Waals surface area contributed by atoms with E-state index in [-0.39, 0.29) is 15.5 Å². The molecule has 31 heavy (non-hydrogen) atoms. The first-order valence-electron chi connectivity index (χ1n) is 9.25. The van der Waals surface area contributed by atoms with Crippen LogP contribution in [-0.4, -0.2) is 39.8 Å². The molecule has 0 saturated heterocycles. The molecule has 0 spiro atoms. The lowest BCUT2D eigenvalue weighted by molar-refractivity contribution is 0.102. The number of carbonyl (C=O) groups excluding carboxylic acids is 1. The lowest BCUT2D eigenvalue weighted by Gasteiger charge is -2.14. The molecule has 4 aromatic rings. The highest BCUT2D eigenvalue weighted by Crippen LogP contribution is 2.36. The molecule has 4 rings (SSSR count). The standard InChI is InChI=1S/C22H19ClN2O5S/c1-25(2)31(27,28)13-8-9-17(23)16(10-13)22(26)24-18-12-20-15(11-21(18)29-3)14-6-4-5-7-19(14)30-20/h4-12H,1-3H3,(H,24,26). The normalized spacial score (nSPS) is 11.9. The Balaban J connectivity index is 1.75.